The number of ether oxygens (including phenoxy) is 3. The van der Waals surface area contributed by atoms with Crippen molar-refractivity contribution in [3.05, 3.63) is 0 Å². The molecule has 2 aliphatic carbocycles. The molecule has 0 aromatic heterocycles. The number of hydrogen-bond donors (Lipinski definition) is 2. The second kappa shape index (κ2) is 82.7. The molecule has 21 nitrogen and oxygen atoms in total. The minimum Gasteiger partial charge on any atom is -0.870 e. The minimum absolute atomic E-state index is 0. The van der Waals surface area contributed by atoms with E-state index in [0.717, 1.165) is 19.3 Å². The molecule has 2 saturated carbocycles. The normalized spacial score (nSPS) is 17.9. The third kappa shape index (κ3) is 99.1. The number of halogens is 4. The minimum atomic E-state index is -3.84. The van der Waals surface area contributed by atoms with E-state index in [2.05, 4.69) is 35.8 Å². The number of hydrogen-bond acceptors (Lipinski definition) is 20. The van der Waals surface area contributed by atoms with Crippen LogP contribution in [0.15, 0.2) is 0 Å². The maximum absolute atomic E-state index is 12.5. The second-order valence-electron chi connectivity index (χ2n) is 14.7. The molecule has 81 heavy (non-hydrogen) atoms. The molecule has 0 amide bonds. The van der Waals surface area contributed by atoms with Gasteiger partial charge in [0.25, 0.3) is 14.2 Å². The summed E-state index contributed by atoms with van der Waals surface area (Å²) in [5, 5.41) is 3.01. The fourth-order valence-corrected chi connectivity index (χ4v) is 11.5. The molecule has 3 fully saturated rings. The molecule has 0 aromatic rings. The monoisotopic (exact) mass is 1410 g/mol. The molecular formula is C49H139Cl4N2NaO19P6+2. The zero-order valence-corrected chi connectivity index (χ0v) is 50.6. The zero-order chi connectivity index (χ0) is 49.5. The van der Waals surface area contributed by atoms with Crippen molar-refractivity contribution in [3.8, 4) is 0 Å². The van der Waals surface area contributed by atoms with Gasteiger partial charge in [-0.25, -0.2) is 9.65 Å². The van der Waals surface area contributed by atoms with Crippen LogP contribution in [0.3, 0.4) is 0 Å². The van der Waals surface area contributed by atoms with Gasteiger partial charge in [0.2, 0.25) is 0 Å². The van der Waals surface area contributed by atoms with Gasteiger partial charge in [-0.2, -0.15) is 0 Å². The van der Waals surface area contributed by atoms with E-state index in [9.17, 15) is 27.4 Å². The first kappa shape index (κ1) is 146. The maximum atomic E-state index is 12.5. The Hall–Kier alpha value is 2.68. The molecular weight excluding hydrogens is 1270 g/mol. The largest absolute Gasteiger partial charge is 1.00 e. The molecule has 3 aliphatic rings. The Bertz CT molecular complexity index is 1430. The van der Waals surface area contributed by atoms with Crippen LogP contribution in [-0.4, -0.2) is 142 Å². The fourth-order valence-electron chi connectivity index (χ4n) is 4.52. The SMILES string of the molecule is C.C.C.C.C.C.C.C.C.C.C.C.C.C.C.C.CC1CO[P+](=O)O1.COCC(C)OP(=O)(Cl)OCC(C)OP(C)(=O)OCC(C)OP(C)(=O)NC1CCC1.COCC(C)OP(C)(=O)Cl.COCC(C)O[P+](C)=O.ClCl.NC1CCC1.[Na+].[OH-]. The average molecular weight is 1410 g/mol. The quantitative estimate of drug-likeness (QED) is 0.0671. The van der Waals surface area contributed by atoms with Crippen molar-refractivity contribution < 1.29 is 117 Å². The second-order valence-corrected chi connectivity index (χ2v) is 27.0. The van der Waals surface area contributed by atoms with Crippen LogP contribution in [0.4, 0.5) is 0 Å². The molecule has 0 spiro atoms. The maximum Gasteiger partial charge on any atom is 1.00 e. The summed E-state index contributed by atoms with van der Waals surface area (Å²) < 4.78 is 128. The van der Waals surface area contributed by atoms with Crippen LogP contribution in [0.5, 0.6) is 0 Å². The molecule has 12 atom stereocenters. The van der Waals surface area contributed by atoms with Crippen LogP contribution >= 0.6 is 89.3 Å². The van der Waals surface area contributed by atoms with Gasteiger partial charge in [-0.15, -0.1) is 13.6 Å². The smallest absolute Gasteiger partial charge is 0.870 e. The fraction of sp³-hybridized carbons (Fsp3) is 1.00. The van der Waals surface area contributed by atoms with E-state index in [1.807, 2.05) is 13.8 Å². The Balaban J connectivity index is -0.0000000316. The van der Waals surface area contributed by atoms with Gasteiger partial charge in [-0.3, -0.25) is 22.7 Å². The van der Waals surface area contributed by atoms with Crippen molar-refractivity contribution >= 4 is 89.3 Å². The molecule has 32 heteroatoms. The number of nitrogens with two attached hydrogens (primary N) is 1. The molecule has 4 N–H and O–H groups in total. The van der Waals surface area contributed by atoms with Gasteiger partial charge in [-0.05, 0) is 83.0 Å². The summed E-state index contributed by atoms with van der Waals surface area (Å²) in [6.45, 7) is 10.6. The van der Waals surface area contributed by atoms with E-state index in [1.54, 1.807) is 41.9 Å². The Morgan fingerprint density at radius 3 is 1.21 bits per heavy atom. The third-order valence-corrected chi connectivity index (χ3v) is 14.4. The summed E-state index contributed by atoms with van der Waals surface area (Å²) in [7, 11) is 3.15. The van der Waals surface area contributed by atoms with Gasteiger partial charge in [0.15, 0.2) is 6.66 Å². The first-order valence-corrected chi connectivity index (χ1v) is 33.1. The van der Waals surface area contributed by atoms with E-state index >= 15 is 0 Å². The first-order chi connectivity index (χ1) is 29.0. The van der Waals surface area contributed by atoms with Crippen molar-refractivity contribution in [2.24, 2.45) is 5.73 Å². The van der Waals surface area contributed by atoms with Crippen LogP contribution in [0, 0.1) is 0 Å². The predicted octanol–water partition coefficient (Wildman–Crippen LogP) is 18.5. The number of methoxy groups -OCH3 is 3. The Labute approximate surface area is 548 Å². The van der Waals surface area contributed by atoms with Crippen molar-refractivity contribution in [3.63, 3.8) is 0 Å². The molecule has 516 valence electrons. The van der Waals surface area contributed by atoms with E-state index in [0.29, 0.717) is 25.9 Å². The van der Waals surface area contributed by atoms with Crippen LogP contribution in [0.25, 0.3) is 0 Å². The van der Waals surface area contributed by atoms with Gasteiger partial charge >= 0.3 is 60.4 Å². The molecule has 12 unspecified atom stereocenters. The van der Waals surface area contributed by atoms with E-state index < -0.39 is 63.4 Å². The third-order valence-electron chi connectivity index (χ3n) is 7.32. The standard InChI is InChI=1S/C16H35ClNO9P3.C5H12ClO3P.C5H12O3P.C4H9N.C3H6O3P.16CH4.Cl2.Na.H2O/c1-13(10-22-4)27-30(17,21)24-12-15(3)26-29(6,20)23-11-14(2)25-28(5,19)18-16-8-7-9-16;1-5(4-8-2)9-10(3,6)7;1-5(4-7-2)8-9(3)6;5-4-2-1-3-4;1-3-2-5-7(4)6-3;;;;;;;;;;;;;;;;;1-2;;/h13-16H,7-12H2,1-6H3,(H,18,19);5H,4H2,1-3H3;5H,4H2,1-3H3;4H,1-3,5H2;3H,2H2,1H3;16*1H4;;;1H2/q;;+1;;+1;;;;;;;;;;;;;;;;;;+1;/p-1. The molecule has 1 aliphatic heterocycles. The summed E-state index contributed by atoms with van der Waals surface area (Å²) in [4.78, 5) is 0. The van der Waals surface area contributed by atoms with Crippen LogP contribution in [0.1, 0.15) is 199 Å². The van der Waals surface area contributed by atoms with E-state index in [1.165, 1.54) is 53.0 Å². The molecule has 0 aromatic carbocycles. The number of rotatable bonds is 24. The molecule has 0 bridgehead atoms. The van der Waals surface area contributed by atoms with Gasteiger partial charge in [0.05, 0.1) is 57.5 Å². The Morgan fingerprint density at radius 1 is 0.605 bits per heavy atom. The molecule has 1 saturated heterocycles. The van der Waals surface area contributed by atoms with Crippen LogP contribution < -0.4 is 40.4 Å². The van der Waals surface area contributed by atoms with Crippen molar-refractivity contribution in [2.75, 3.05) is 87.6 Å². The first-order valence-electron chi connectivity index (χ1n) is 19.8. The summed E-state index contributed by atoms with van der Waals surface area (Å²) in [5.41, 5.74) is 5.38. The van der Waals surface area contributed by atoms with Crippen molar-refractivity contribution in [1.29, 1.82) is 0 Å². The summed E-state index contributed by atoms with van der Waals surface area (Å²) in [5.74, 6) is 0. The van der Waals surface area contributed by atoms with E-state index in [4.69, 9.17) is 74.1 Å². The summed E-state index contributed by atoms with van der Waals surface area (Å²) >= 11 is 11.1. The molecule has 1 heterocycles. The molecule has 3 rings (SSSR count). The van der Waals surface area contributed by atoms with Crippen molar-refractivity contribution in [2.45, 2.75) is 248 Å². The number of nitrogens with one attached hydrogen (secondary N) is 1. The summed E-state index contributed by atoms with van der Waals surface area (Å²) in [6.07, 6.45) is 4.90. The van der Waals surface area contributed by atoms with Gasteiger partial charge in [-0.1, -0.05) is 132 Å². The summed E-state index contributed by atoms with van der Waals surface area (Å²) in [6, 6.07) is 0.782. The van der Waals surface area contributed by atoms with Crippen molar-refractivity contribution in [1.82, 2.24) is 5.09 Å². The zero-order valence-electron chi connectivity index (χ0n) is 40.2. The van der Waals surface area contributed by atoms with Gasteiger partial charge in [0, 0.05) is 90.9 Å². The average Bonchev–Trinajstić information content (AvgIpc) is 3.50. The Morgan fingerprint density at radius 2 is 0.938 bits per heavy atom. The van der Waals surface area contributed by atoms with Crippen LogP contribution in [0.2, 0.25) is 0 Å². The molecule has 0 radical (unpaired) electrons. The van der Waals surface area contributed by atoms with Gasteiger partial charge in [0.1, 0.15) is 18.8 Å². The van der Waals surface area contributed by atoms with Gasteiger partial charge < -0.3 is 43.5 Å². The topological polar surface area (TPSA) is 281 Å². The Kier molecular flexibility index (Phi) is 149. The van der Waals surface area contributed by atoms with Crippen LogP contribution in [-0.2, 0) is 82.3 Å². The predicted molar refractivity (Wildman–Crippen MR) is 362 cm³/mol. The van der Waals surface area contributed by atoms with E-state index in [-0.39, 0.29) is 198 Å².